The van der Waals surface area contributed by atoms with Crippen molar-refractivity contribution in [3.63, 3.8) is 0 Å². The zero-order chi connectivity index (χ0) is 13.4. The van der Waals surface area contributed by atoms with E-state index in [-0.39, 0.29) is 24.7 Å². The number of aryl methyl sites for hydroxylation is 1. The Morgan fingerprint density at radius 3 is 2.83 bits per heavy atom. The predicted molar refractivity (Wildman–Crippen MR) is 64.6 cm³/mol. The lowest BCUT2D eigenvalue weighted by atomic mass is 10.1. The largest absolute Gasteiger partial charge is 0.449 e. The quantitative estimate of drug-likeness (QED) is 0.872. The van der Waals surface area contributed by atoms with Gasteiger partial charge in [-0.3, -0.25) is 0 Å². The Morgan fingerprint density at radius 2 is 2.22 bits per heavy atom. The van der Waals surface area contributed by atoms with Gasteiger partial charge in [-0.05, 0) is 26.0 Å². The van der Waals surface area contributed by atoms with E-state index in [0.717, 1.165) is 4.31 Å². The summed E-state index contributed by atoms with van der Waals surface area (Å²) >= 11 is 0. The Morgan fingerprint density at radius 1 is 1.50 bits per heavy atom. The average Bonchev–Trinajstić information content (AvgIpc) is 2.61. The summed E-state index contributed by atoms with van der Waals surface area (Å²) in [5.41, 5.74) is -1.58. The van der Waals surface area contributed by atoms with Crippen molar-refractivity contribution in [3.8, 4) is 0 Å². The van der Waals surface area contributed by atoms with E-state index in [0.29, 0.717) is 12.3 Å². The summed E-state index contributed by atoms with van der Waals surface area (Å²) in [7, 11) is -3.75. The van der Waals surface area contributed by atoms with E-state index in [4.69, 9.17) is 4.42 Å². The Hall–Kier alpha value is -0.920. The topological polar surface area (TPSA) is 62.6 Å². The van der Waals surface area contributed by atoms with Gasteiger partial charge in [-0.15, -0.1) is 0 Å². The maximum Gasteiger partial charge on any atom is 0.276 e. The molecule has 1 N–H and O–H groups in total. The van der Waals surface area contributed by atoms with Crippen LogP contribution in [0.1, 0.15) is 12.7 Å². The van der Waals surface area contributed by atoms with Gasteiger partial charge in [0.1, 0.15) is 11.4 Å². The van der Waals surface area contributed by atoms with Crippen molar-refractivity contribution >= 4 is 10.0 Å². The molecule has 1 saturated heterocycles. The van der Waals surface area contributed by atoms with Gasteiger partial charge in [0.05, 0.1) is 0 Å². The molecule has 1 fully saturated rings. The third-order valence-electron chi connectivity index (χ3n) is 2.85. The van der Waals surface area contributed by atoms with Crippen molar-refractivity contribution in [3.05, 3.63) is 17.9 Å². The molecule has 18 heavy (non-hydrogen) atoms. The van der Waals surface area contributed by atoms with Crippen LogP contribution in [-0.4, -0.2) is 44.6 Å². The molecule has 5 nitrogen and oxygen atoms in total. The fourth-order valence-corrected chi connectivity index (χ4v) is 3.44. The molecule has 1 aromatic heterocycles. The number of hydrogen-bond acceptors (Lipinski definition) is 4. The highest BCUT2D eigenvalue weighted by Crippen LogP contribution is 2.22. The van der Waals surface area contributed by atoms with Gasteiger partial charge in [0.15, 0.2) is 0 Å². The Kier molecular flexibility index (Phi) is 3.48. The molecule has 1 aliphatic heterocycles. The molecule has 2 heterocycles. The van der Waals surface area contributed by atoms with Crippen LogP contribution in [0.15, 0.2) is 21.6 Å². The monoisotopic (exact) mass is 276 g/mol. The molecule has 1 aliphatic rings. The van der Waals surface area contributed by atoms with Crippen LogP contribution in [0, 0.1) is 6.92 Å². The van der Waals surface area contributed by atoms with E-state index < -0.39 is 15.7 Å². The normalized spacial score (nSPS) is 27.1. The van der Waals surface area contributed by atoms with Gasteiger partial charge in [0, 0.05) is 26.2 Å². The van der Waals surface area contributed by atoms with Crippen LogP contribution in [0.4, 0.5) is 4.39 Å². The van der Waals surface area contributed by atoms with Gasteiger partial charge in [-0.2, -0.15) is 4.31 Å². The lowest BCUT2D eigenvalue weighted by Gasteiger charge is -2.24. The maximum absolute atomic E-state index is 14.0. The highest BCUT2D eigenvalue weighted by atomic mass is 32.2. The van der Waals surface area contributed by atoms with Crippen LogP contribution in [-0.2, 0) is 10.0 Å². The summed E-state index contributed by atoms with van der Waals surface area (Å²) in [6, 6.07) is 2.98. The first kappa shape index (κ1) is 13.5. The summed E-state index contributed by atoms with van der Waals surface area (Å²) in [6.07, 6.45) is 0. The molecular weight excluding hydrogens is 259 g/mol. The molecule has 1 unspecified atom stereocenters. The third kappa shape index (κ3) is 2.73. The van der Waals surface area contributed by atoms with E-state index in [9.17, 15) is 12.8 Å². The molecule has 7 heteroatoms. The smallest absolute Gasteiger partial charge is 0.276 e. The lowest BCUT2D eigenvalue weighted by molar-refractivity contribution is 0.165. The number of hydrogen-bond donors (Lipinski definition) is 1. The highest BCUT2D eigenvalue weighted by Gasteiger charge is 2.36. The minimum Gasteiger partial charge on any atom is -0.449 e. The Bertz CT molecular complexity index is 524. The number of nitrogens with zero attached hydrogens (tertiary/aromatic N) is 1. The minimum absolute atomic E-state index is 0.127. The number of alkyl halides is 1. The highest BCUT2D eigenvalue weighted by molar-refractivity contribution is 7.89. The number of rotatable bonds is 2. The molecule has 1 atom stereocenters. The van der Waals surface area contributed by atoms with Gasteiger partial charge >= 0.3 is 0 Å². The van der Waals surface area contributed by atoms with Gasteiger partial charge in [-0.1, -0.05) is 0 Å². The molecule has 0 radical (unpaired) electrons. The molecular formula is C11H17FN2O3S. The standard InChI is InChI=1S/C11H17FN2O3S/c1-9-3-4-10(17-9)18(15,16)14-6-5-13-7-11(2,12)8-14/h3-4,13H,5-8H2,1-2H3. The van der Waals surface area contributed by atoms with Gasteiger partial charge in [0.25, 0.3) is 10.0 Å². The van der Waals surface area contributed by atoms with E-state index in [1.165, 1.54) is 13.0 Å². The fourth-order valence-electron chi connectivity index (χ4n) is 1.94. The first-order valence-electron chi connectivity index (χ1n) is 5.77. The van der Waals surface area contributed by atoms with Crippen molar-refractivity contribution in [1.29, 1.82) is 0 Å². The zero-order valence-electron chi connectivity index (χ0n) is 10.4. The second-order valence-electron chi connectivity index (χ2n) is 4.79. The first-order chi connectivity index (χ1) is 8.31. The summed E-state index contributed by atoms with van der Waals surface area (Å²) < 4.78 is 44.9. The average molecular weight is 276 g/mol. The minimum atomic E-state index is -3.75. The van der Waals surface area contributed by atoms with Gasteiger partial charge in [0.2, 0.25) is 5.09 Å². The van der Waals surface area contributed by atoms with Crippen LogP contribution in [0.2, 0.25) is 0 Å². The molecule has 102 valence electrons. The van der Waals surface area contributed by atoms with Crippen molar-refractivity contribution in [2.75, 3.05) is 26.2 Å². The lowest BCUT2D eigenvalue weighted by Crippen LogP contribution is -2.42. The van der Waals surface area contributed by atoms with Crippen LogP contribution in [0.25, 0.3) is 0 Å². The summed E-state index contributed by atoms with van der Waals surface area (Å²) in [4.78, 5) is 0. The van der Waals surface area contributed by atoms with Crippen molar-refractivity contribution in [2.45, 2.75) is 24.6 Å². The number of nitrogens with one attached hydrogen (secondary N) is 1. The molecule has 0 saturated carbocycles. The van der Waals surface area contributed by atoms with Crippen molar-refractivity contribution < 1.29 is 17.2 Å². The molecule has 0 bridgehead atoms. The summed E-state index contributed by atoms with van der Waals surface area (Å²) in [6.45, 7) is 3.71. The van der Waals surface area contributed by atoms with Gasteiger partial charge in [-0.25, -0.2) is 12.8 Å². The van der Waals surface area contributed by atoms with E-state index in [1.54, 1.807) is 13.0 Å². The number of halogens is 1. The van der Waals surface area contributed by atoms with Gasteiger partial charge < -0.3 is 9.73 Å². The van der Waals surface area contributed by atoms with Crippen LogP contribution in [0.3, 0.4) is 0 Å². The van der Waals surface area contributed by atoms with Crippen molar-refractivity contribution in [2.24, 2.45) is 0 Å². The molecule has 0 spiro atoms. The zero-order valence-corrected chi connectivity index (χ0v) is 11.3. The van der Waals surface area contributed by atoms with E-state index >= 15 is 0 Å². The maximum atomic E-state index is 14.0. The van der Waals surface area contributed by atoms with Crippen LogP contribution >= 0.6 is 0 Å². The van der Waals surface area contributed by atoms with E-state index in [2.05, 4.69) is 5.32 Å². The predicted octanol–water partition coefficient (Wildman–Crippen LogP) is 0.910. The summed E-state index contributed by atoms with van der Waals surface area (Å²) in [5, 5.41) is 2.76. The fraction of sp³-hybridized carbons (Fsp3) is 0.636. The molecule has 1 aromatic rings. The Balaban J connectivity index is 2.29. The molecule has 0 amide bonds. The summed E-state index contributed by atoms with van der Waals surface area (Å²) in [5.74, 6) is 0.518. The van der Waals surface area contributed by atoms with Crippen molar-refractivity contribution in [1.82, 2.24) is 9.62 Å². The number of furan rings is 1. The number of sulfonamides is 1. The molecule has 0 aromatic carbocycles. The SMILES string of the molecule is Cc1ccc(S(=O)(=O)N2CCNCC(C)(F)C2)o1. The van der Waals surface area contributed by atoms with E-state index in [1.807, 2.05) is 0 Å². The molecule has 0 aliphatic carbocycles. The molecule has 2 rings (SSSR count). The Labute approximate surface area is 106 Å². The van der Waals surface area contributed by atoms with Crippen LogP contribution < -0.4 is 5.32 Å². The first-order valence-corrected chi connectivity index (χ1v) is 7.21. The third-order valence-corrected chi connectivity index (χ3v) is 4.57. The second-order valence-corrected chi connectivity index (χ2v) is 6.66. The second kappa shape index (κ2) is 4.64. The van der Waals surface area contributed by atoms with Crippen LogP contribution in [0.5, 0.6) is 0 Å².